The van der Waals surface area contributed by atoms with E-state index in [2.05, 4.69) is 29.0 Å². The van der Waals surface area contributed by atoms with Crippen LogP contribution >= 0.6 is 0 Å². The Morgan fingerprint density at radius 3 is 2.68 bits per heavy atom. The van der Waals surface area contributed by atoms with Gasteiger partial charge in [0.1, 0.15) is 5.69 Å². The molecule has 1 aromatic heterocycles. The maximum atomic E-state index is 11.4. The summed E-state index contributed by atoms with van der Waals surface area (Å²) in [7, 11) is 2.03. The summed E-state index contributed by atoms with van der Waals surface area (Å²) in [4.78, 5) is 24.7. The number of aromatic nitrogens is 2. The van der Waals surface area contributed by atoms with Gasteiger partial charge >= 0.3 is 0 Å². The van der Waals surface area contributed by atoms with Gasteiger partial charge in [0.05, 0.1) is 5.69 Å². The lowest BCUT2D eigenvalue weighted by atomic mass is 9.93. The zero-order chi connectivity index (χ0) is 15.7. The number of hydrogen-bond acceptors (Lipinski definition) is 5. The first-order chi connectivity index (χ1) is 10.6. The molecule has 0 radical (unpaired) electrons. The van der Waals surface area contributed by atoms with E-state index in [0.717, 1.165) is 43.0 Å². The predicted molar refractivity (Wildman–Crippen MR) is 88.6 cm³/mol. The first-order valence-electron chi connectivity index (χ1n) is 8.22. The van der Waals surface area contributed by atoms with E-state index < -0.39 is 0 Å². The van der Waals surface area contributed by atoms with Crippen molar-refractivity contribution in [2.24, 2.45) is 0 Å². The van der Waals surface area contributed by atoms with Gasteiger partial charge in [-0.1, -0.05) is 0 Å². The van der Waals surface area contributed by atoms with Gasteiger partial charge in [0.2, 0.25) is 12.4 Å². The summed E-state index contributed by atoms with van der Waals surface area (Å²) in [6, 6.07) is 0.812. The largest absolute Gasteiger partial charge is 0.355 e. The predicted octanol–water partition coefficient (Wildman–Crippen LogP) is 2.19. The number of fused-ring (bicyclic) bond motifs is 1. The fourth-order valence-corrected chi connectivity index (χ4v) is 2.88. The van der Waals surface area contributed by atoms with Gasteiger partial charge < -0.3 is 15.1 Å². The van der Waals surface area contributed by atoms with Crippen LogP contribution < -0.4 is 15.1 Å². The molecule has 3 rings (SSSR count). The van der Waals surface area contributed by atoms with Gasteiger partial charge in [0.25, 0.3) is 0 Å². The van der Waals surface area contributed by atoms with Crippen LogP contribution in [0.5, 0.6) is 0 Å². The monoisotopic (exact) mass is 303 g/mol. The maximum absolute atomic E-state index is 11.4. The standard InChI is InChI=1S/C16H25N5O/c1-11(2)20(3)15-14-13(8-5-9-21(14)10-22)18-16(19-15)17-12-6-4-7-12/h10-12H,4-9H2,1-3H3,(H,17,18,19). The molecular weight excluding hydrogens is 278 g/mol. The van der Waals surface area contributed by atoms with E-state index in [9.17, 15) is 4.79 Å². The fourth-order valence-electron chi connectivity index (χ4n) is 2.88. The van der Waals surface area contributed by atoms with Crippen LogP contribution in [0.2, 0.25) is 0 Å². The van der Waals surface area contributed by atoms with Crippen molar-refractivity contribution in [1.82, 2.24) is 9.97 Å². The van der Waals surface area contributed by atoms with E-state index in [1.807, 2.05) is 7.05 Å². The maximum Gasteiger partial charge on any atom is 0.225 e. The summed E-state index contributed by atoms with van der Waals surface area (Å²) in [5.41, 5.74) is 1.87. The third-order valence-electron chi connectivity index (χ3n) is 4.71. The van der Waals surface area contributed by atoms with Crippen molar-refractivity contribution >= 4 is 23.9 Å². The van der Waals surface area contributed by atoms with Crippen molar-refractivity contribution in [2.75, 3.05) is 28.7 Å². The Bertz CT molecular complexity index is 556. The van der Waals surface area contributed by atoms with Gasteiger partial charge in [-0.15, -0.1) is 0 Å². The number of hydrogen-bond donors (Lipinski definition) is 1. The van der Waals surface area contributed by atoms with Crippen LogP contribution in [0.4, 0.5) is 17.5 Å². The highest BCUT2D eigenvalue weighted by Crippen LogP contribution is 2.35. The van der Waals surface area contributed by atoms with E-state index in [0.29, 0.717) is 18.0 Å². The minimum Gasteiger partial charge on any atom is -0.355 e. The molecule has 1 aliphatic carbocycles. The van der Waals surface area contributed by atoms with E-state index in [4.69, 9.17) is 4.98 Å². The molecule has 6 nitrogen and oxygen atoms in total. The SMILES string of the molecule is CC(C)N(C)c1nc(NC2CCC2)nc2c1N(C=O)CCC2. The average molecular weight is 303 g/mol. The summed E-state index contributed by atoms with van der Waals surface area (Å²) >= 11 is 0. The summed E-state index contributed by atoms with van der Waals surface area (Å²) in [6.45, 7) is 5.00. The molecule has 1 N–H and O–H groups in total. The Hall–Kier alpha value is -1.85. The number of nitrogens with one attached hydrogen (secondary N) is 1. The highest BCUT2D eigenvalue weighted by Gasteiger charge is 2.27. The zero-order valence-corrected chi connectivity index (χ0v) is 13.7. The topological polar surface area (TPSA) is 61.4 Å². The summed E-state index contributed by atoms with van der Waals surface area (Å²) in [6.07, 6.45) is 6.42. The van der Waals surface area contributed by atoms with Crippen LogP contribution in [-0.4, -0.2) is 42.1 Å². The molecule has 0 saturated heterocycles. The second kappa shape index (κ2) is 6.10. The van der Waals surface area contributed by atoms with Crippen molar-refractivity contribution < 1.29 is 4.79 Å². The molecular formula is C16H25N5O. The van der Waals surface area contributed by atoms with Crippen LogP contribution in [-0.2, 0) is 11.2 Å². The lowest BCUT2D eigenvalue weighted by Gasteiger charge is -2.33. The lowest BCUT2D eigenvalue weighted by molar-refractivity contribution is -0.107. The van der Waals surface area contributed by atoms with E-state index in [1.54, 1.807) is 4.90 Å². The minimum atomic E-state index is 0.311. The van der Waals surface area contributed by atoms with Gasteiger partial charge in [-0.05, 0) is 46.0 Å². The van der Waals surface area contributed by atoms with Crippen molar-refractivity contribution in [3.05, 3.63) is 5.69 Å². The minimum absolute atomic E-state index is 0.311. The molecule has 2 aliphatic rings. The first-order valence-corrected chi connectivity index (χ1v) is 8.22. The molecule has 6 heteroatoms. The van der Waals surface area contributed by atoms with Crippen molar-refractivity contribution in [3.8, 4) is 0 Å². The number of carbonyl (C=O) groups excluding carboxylic acids is 1. The average Bonchev–Trinajstić information content (AvgIpc) is 2.48. The molecule has 0 bridgehead atoms. The van der Waals surface area contributed by atoms with E-state index in [-0.39, 0.29) is 0 Å². The van der Waals surface area contributed by atoms with Crippen molar-refractivity contribution in [2.45, 2.75) is 58.0 Å². The van der Waals surface area contributed by atoms with Crippen molar-refractivity contribution in [1.29, 1.82) is 0 Å². The molecule has 2 heterocycles. The molecule has 1 aliphatic heterocycles. The molecule has 1 fully saturated rings. The van der Waals surface area contributed by atoms with Gasteiger partial charge in [-0.2, -0.15) is 4.98 Å². The van der Waals surface area contributed by atoms with Crippen LogP contribution in [0.15, 0.2) is 0 Å². The summed E-state index contributed by atoms with van der Waals surface area (Å²) in [5, 5.41) is 3.44. The molecule has 22 heavy (non-hydrogen) atoms. The third kappa shape index (κ3) is 2.74. The van der Waals surface area contributed by atoms with Crippen LogP contribution in [0.3, 0.4) is 0 Å². The first kappa shape index (κ1) is 15.1. The number of aryl methyl sites for hydroxylation is 1. The second-order valence-corrected chi connectivity index (χ2v) is 6.55. The van der Waals surface area contributed by atoms with Crippen LogP contribution in [0, 0.1) is 0 Å². The molecule has 120 valence electrons. The van der Waals surface area contributed by atoms with Gasteiger partial charge in [0, 0.05) is 25.7 Å². The summed E-state index contributed by atoms with van der Waals surface area (Å²) < 4.78 is 0. The number of nitrogens with zero attached hydrogens (tertiary/aromatic N) is 4. The van der Waals surface area contributed by atoms with Crippen molar-refractivity contribution in [3.63, 3.8) is 0 Å². The molecule has 0 aromatic carbocycles. The zero-order valence-electron chi connectivity index (χ0n) is 13.7. The molecule has 1 saturated carbocycles. The van der Waals surface area contributed by atoms with Crippen LogP contribution in [0.25, 0.3) is 0 Å². The Morgan fingerprint density at radius 1 is 1.32 bits per heavy atom. The Morgan fingerprint density at radius 2 is 2.09 bits per heavy atom. The quantitative estimate of drug-likeness (QED) is 0.845. The third-order valence-corrected chi connectivity index (χ3v) is 4.71. The summed E-state index contributed by atoms with van der Waals surface area (Å²) in [5.74, 6) is 1.56. The molecule has 0 unspecified atom stereocenters. The van der Waals surface area contributed by atoms with Gasteiger partial charge in [0.15, 0.2) is 5.82 Å². The Labute approximate surface area is 131 Å². The van der Waals surface area contributed by atoms with Crippen LogP contribution in [0.1, 0.15) is 45.2 Å². The molecule has 1 aromatic rings. The number of rotatable bonds is 5. The number of amides is 1. The molecule has 0 spiro atoms. The van der Waals surface area contributed by atoms with E-state index >= 15 is 0 Å². The Balaban J connectivity index is 2.01. The normalized spacial score (nSPS) is 17.9. The molecule has 0 atom stereocenters. The van der Waals surface area contributed by atoms with Gasteiger partial charge in [-0.25, -0.2) is 4.98 Å². The number of carbonyl (C=O) groups is 1. The Kier molecular flexibility index (Phi) is 4.18. The lowest BCUT2D eigenvalue weighted by Crippen LogP contribution is -2.35. The fraction of sp³-hybridized carbons (Fsp3) is 0.688. The van der Waals surface area contributed by atoms with E-state index in [1.165, 1.54) is 19.3 Å². The molecule has 1 amide bonds. The highest BCUT2D eigenvalue weighted by atomic mass is 16.1. The number of anilines is 3. The second-order valence-electron chi connectivity index (χ2n) is 6.55. The van der Waals surface area contributed by atoms with Gasteiger partial charge in [-0.3, -0.25) is 4.79 Å². The highest BCUT2D eigenvalue weighted by molar-refractivity contribution is 5.85. The smallest absolute Gasteiger partial charge is 0.225 e.